The Hall–Kier alpha value is -2.00. The van der Waals surface area contributed by atoms with Crippen molar-refractivity contribution in [2.75, 3.05) is 14.2 Å². The lowest BCUT2D eigenvalue weighted by Crippen LogP contribution is -2.46. The molecule has 0 aliphatic carbocycles. The minimum atomic E-state index is -0.614. The van der Waals surface area contributed by atoms with Gasteiger partial charge in [-0.15, -0.1) is 0 Å². The van der Waals surface area contributed by atoms with Gasteiger partial charge < -0.3 is 15.2 Å². The fraction of sp³-hybridized carbons (Fsp3) is 0.400. The molecule has 0 radical (unpaired) electrons. The second-order valence-electron chi connectivity index (χ2n) is 6.37. The number of nitrogens with two attached hydrogens (primary N) is 1. The van der Waals surface area contributed by atoms with Crippen LogP contribution in [0.3, 0.4) is 0 Å². The Kier molecular flexibility index (Phi) is 5.32. The van der Waals surface area contributed by atoms with Crippen molar-refractivity contribution in [3.05, 3.63) is 59.7 Å². The van der Waals surface area contributed by atoms with Crippen LogP contribution in [-0.4, -0.2) is 14.2 Å². The smallest absolute Gasteiger partial charge is 0.119 e. The lowest BCUT2D eigenvalue weighted by atomic mass is 9.70. The average Bonchev–Trinajstić information content (AvgIpc) is 2.60. The number of ether oxygens (including phenoxy) is 2. The van der Waals surface area contributed by atoms with Crippen molar-refractivity contribution in [2.45, 2.75) is 26.3 Å². The van der Waals surface area contributed by atoms with Gasteiger partial charge in [-0.2, -0.15) is 0 Å². The average molecular weight is 313 g/mol. The van der Waals surface area contributed by atoms with Crippen LogP contribution in [-0.2, 0) is 5.54 Å². The van der Waals surface area contributed by atoms with Gasteiger partial charge in [0.15, 0.2) is 0 Å². The fourth-order valence-corrected chi connectivity index (χ4v) is 2.98. The van der Waals surface area contributed by atoms with E-state index in [1.807, 2.05) is 36.4 Å². The first-order valence-electron chi connectivity index (χ1n) is 8.01. The van der Waals surface area contributed by atoms with Gasteiger partial charge in [0.1, 0.15) is 11.5 Å². The van der Waals surface area contributed by atoms with Gasteiger partial charge in [0.2, 0.25) is 0 Å². The number of benzene rings is 2. The first-order valence-corrected chi connectivity index (χ1v) is 8.01. The summed E-state index contributed by atoms with van der Waals surface area (Å²) >= 11 is 0. The molecule has 0 amide bonds. The number of rotatable bonds is 6. The quantitative estimate of drug-likeness (QED) is 0.869. The summed E-state index contributed by atoms with van der Waals surface area (Å²) in [5.74, 6) is 2.30. The Morgan fingerprint density at radius 1 is 0.826 bits per heavy atom. The van der Waals surface area contributed by atoms with Gasteiger partial charge in [0.25, 0.3) is 0 Å². The summed E-state index contributed by atoms with van der Waals surface area (Å²) in [6.07, 6.45) is 0. The monoisotopic (exact) mass is 313 g/mol. The topological polar surface area (TPSA) is 44.5 Å². The van der Waals surface area contributed by atoms with Crippen molar-refractivity contribution in [3.63, 3.8) is 0 Å². The van der Waals surface area contributed by atoms with E-state index in [0.29, 0.717) is 5.92 Å². The van der Waals surface area contributed by atoms with E-state index in [9.17, 15) is 0 Å². The molecule has 3 heteroatoms. The number of hydrogen-bond donors (Lipinski definition) is 1. The summed E-state index contributed by atoms with van der Waals surface area (Å²) in [5, 5.41) is 0. The summed E-state index contributed by atoms with van der Waals surface area (Å²) < 4.78 is 10.8. The Balaban J connectivity index is 2.64. The van der Waals surface area contributed by atoms with Gasteiger partial charge in [-0.25, -0.2) is 0 Å². The SMILES string of the molecule is COc1cccc(C(N)(c2cccc(OC)c2)C(C)C(C)C)c1. The molecule has 124 valence electrons. The molecule has 0 heterocycles. The third-order valence-electron chi connectivity index (χ3n) is 4.81. The van der Waals surface area contributed by atoms with E-state index in [1.165, 1.54) is 0 Å². The highest BCUT2D eigenvalue weighted by atomic mass is 16.5. The maximum atomic E-state index is 7.02. The maximum Gasteiger partial charge on any atom is 0.119 e. The molecule has 0 spiro atoms. The Labute approximate surface area is 139 Å². The molecule has 0 fully saturated rings. The van der Waals surface area contributed by atoms with Gasteiger partial charge >= 0.3 is 0 Å². The van der Waals surface area contributed by atoms with E-state index in [-0.39, 0.29) is 5.92 Å². The van der Waals surface area contributed by atoms with E-state index in [0.717, 1.165) is 22.6 Å². The van der Waals surface area contributed by atoms with Gasteiger partial charge in [-0.05, 0) is 47.2 Å². The zero-order chi connectivity index (χ0) is 17.0. The molecule has 0 aromatic heterocycles. The fourth-order valence-electron chi connectivity index (χ4n) is 2.98. The molecule has 2 aromatic rings. The molecule has 0 saturated heterocycles. The predicted molar refractivity (Wildman–Crippen MR) is 95.0 cm³/mol. The third kappa shape index (κ3) is 3.35. The second kappa shape index (κ2) is 7.05. The normalized spacial score (nSPS) is 13.0. The van der Waals surface area contributed by atoms with Gasteiger partial charge in [-0.3, -0.25) is 0 Å². The van der Waals surface area contributed by atoms with Crippen molar-refractivity contribution in [1.29, 1.82) is 0 Å². The molecule has 0 bridgehead atoms. The Morgan fingerprint density at radius 3 is 1.61 bits per heavy atom. The molecule has 2 N–H and O–H groups in total. The molecule has 0 aliphatic rings. The molecule has 1 atom stereocenters. The molecule has 0 aliphatic heterocycles. The first kappa shape index (κ1) is 17.4. The van der Waals surface area contributed by atoms with Crippen molar-refractivity contribution in [2.24, 2.45) is 17.6 Å². The highest BCUT2D eigenvalue weighted by Crippen LogP contribution is 2.40. The summed E-state index contributed by atoms with van der Waals surface area (Å²) in [4.78, 5) is 0. The largest absolute Gasteiger partial charge is 0.497 e. The molecule has 2 rings (SSSR count). The van der Waals surface area contributed by atoms with E-state index in [1.54, 1.807) is 14.2 Å². The van der Waals surface area contributed by atoms with Crippen molar-refractivity contribution in [1.82, 2.24) is 0 Å². The molecule has 2 aromatic carbocycles. The second-order valence-corrected chi connectivity index (χ2v) is 6.37. The van der Waals surface area contributed by atoms with Crippen LogP contribution in [0.4, 0.5) is 0 Å². The number of hydrogen-bond acceptors (Lipinski definition) is 3. The first-order chi connectivity index (χ1) is 10.9. The summed E-state index contributed by atoms with van der Waals surface area (Å²) in [6, 6.07) is 16.1. The molecule has 23 heavy (non-hydrogen) atoms. The minimum absolute atomic E-state index is 0.238. The summed E-state index contributed by atoms with van der Waals surface area (Å²) in [7, 11) is 3.35. The van der Waals surface area contributed by atoms with Crippen LogP contribution in [0.1, 0.15) is 31.9 Å². The third-order valence-corrected chi connectivity index (χ3v) is 4.81. The summed E-state index contributed by atoms with van der Waals surface area (Å²) in [6.45, 7) is 6.60. The van der Waals surface area contributed by atoms with Crippen LogP contribution in [0.5, 0.6) is 11.5 Å². The van der Waals surface area contributed by atoms with Crippen molar-refractivity contribution >= 4 is 0 Å². The maximum absolute atomic E-state index is 7.02. The molecular weight excluding hydrogens is 286 g/mol. The van der Waals surface area contributed by atoms with Crippen LogP contribution < -0.4 is 15.2 Å². The predicted octanol–water partition coefficient (Wildman–Crippen LogP) is 4.20. The molecule has 0 saturated carbocycles. The van der Waals surface area contributed by atoms with Gasteiger partial charge in [-0.1, -0.05) is 45.0 Å². The van der Waals surface area contributed by atoms with Gasteiger partial charge in [0, 0.05) is 0 Å². The van der Waals surface area contributed by atoms with Crippen molar-refractivity contribution < 1.29 is 9.47 Å². The minimum Gasteiger partial charge on any atom is -0.497 e. The number of methoxy groups -OCH3 is 2. The van der Waals surface area contributed by atoms with Crippen molar-refractivity contribution in [3.8, 4) is 11.5 Å². The van der Waals surface area contributed by atoms with E-state index in [2.05, 4.69) is 32.9 Å². The zero-order valence-corrected chi connectivity index (χ0v) is 14.7. The standard InChI is InChI=1S/C20H27NO2/c1-14(2)15(3)20(21,16-8-6-10-18(12-16)22-4)17-9-7-11-19(13-17)23-5/h6-15H,21H2,1-5H3. The van der Waals surface area contributed by atoms with E-state index in [4.69, 9.17) is 15.2 Å². The lowest BCUT2D eigenvalue weighted by Gasteiger charge is -2.39. The highest BCUT2D eigenvalue weighted by molar-refractivity contribution is 5.44. The molecular formula is C20H27NO2. The Morgan fingerprint density at radius 2 is 1.26 bits per heavy atom. The van der Waals surface area contributed by atoms with Crippen LogP contribution >= 0.6 is 0 Å². The molecule has 1 unspecified atom stereocenters. The van der Waals surface area contributed by atoms with Crippen LogP contribution in [0.25, 0.3) is 0 Å². The zero-order valence-electron chi connectivity index (χ0n) is 14.7. The van der Waals surface area contributed by atoms with Crippen LogP contribution in [0.2, 0.25) is 0 Å². The molecule has 3 nitrogen and oxygen atoms in total. The van der Waals surface area contributed by atoms with E-state index < -0.39 is 5.54 Å². The van der Waals surface area contributed by atoms with Gasteiger partial charge in [0.05, 0.1) is 19.8 Å². The Bertz CT molecular complexity index is 604. The highest BCUT2D eigenvalue weighted by Gasteiger charge is 2.37. The van der Waals surface area contributed by atoms with E-state index >= 15 is 0 Å². The lowest BCUT2D eigenvalue weighted by molar-refractivity contribution is 0.270. The van der Waals surface area contributed by atoms with Crippen LogP contribution in [0.15, 0.2) is 48.5 Å². The van der Waals surface area contributed by atoms with Crippen LogP contribution in [0, 0.1) is 11.8 Å². The summed E-state index contributed by atoms with van der Waals surface area (Å²) in [5.41, 5.74) is 8.50.